The molecule has 0 bridgehead atoms. The summed E-state index contributed by atoms with van der Waals surface area (Å²) in [7, 11) is 0. The number of nitrogens with one attached hydrogen (secondary N) is 1. The predicted molar refractivity (Wildman–Crippen MR) is 79.5 cm³/mol. The number of nitrogens with two attached hydrogens (primary N) is 1. The lowest BCUT2D eigenvalue weighted by Crippen LogP contribution is -2.12. The Morgan fingerprint density at radius 2 is 1.95 bits per heavy atom. The molecule has 0 amide bonds. The minimum atomic E-state index is 0.478. The maximum atomic E-state index is 8.74. The van der Waals surface area contributed by atoms with Crippen LogP contribution in [0.5, 0.6) is 5.75 Å². The molecule has 0 aromatic heterocycles. The van der Waals surface area contributed by atoms with Crippen LogP contribution < -0.4 is 15.8 Å². The summed E-state index contributed by atoms with van der Waals surface area (Å²) in [6, 6.07) is 17.2. The van der Waals surface area contributed by atoms with E-state index >= 15 is 0 Å². The van der Waals surface area contributed by atoms with Crippen molar-refractivity contribution in [2.24, 2.45) is 5.73 Å². The molecule has 0 fully saturated rings. The van der Waals surface area contributed by atoms with Crippen LogP contribution in [0.1, 0.15) is 11.1 Å². The highest BCUT2D eigenvalue weighted by molar-refractivity contribution is 5.48. The highest BCUT2D eigenvalue weighted by Crippen LogP contribution is 2.18. The van der Waals surface area contributed by atoms with Crippen molar-refractivity contribution in [2.45, 2.75) is 6.61 Å². The van der Waals surface area contributed by atoms with E-state index in [-0.39, 0.29) is 0 Å². The van der Waals surface area contributed by atoms with Gasteiger partial charge in [-0.1, -0.05) is 18.2 Å². The molecule has 2 aromatic carbocycles. The van der Waals surface area contributed by atoms with Gasteiger partial charge in [-0.05, 0) is 29.8 Å². The first-order valence-corrected chi connectivity index (χ1v) is 6.47. The van der Waals surface area contributed by atoms with E-state index in [0.29, 0.717) is 18.7 Å². The van der Waals surface area contributed by atoms with E-state index in [2.05, 4.69) is 11.4 Å². The molecule has 0 aliphatic heterocycles. The molecular formula is C16H17N3O. The summed E-state index contributed by atoms with van der Waals surface area (Å²) >= 11 is 0. The Balaban J connectivity index is 1.94. The number of nitriles is 1. The number of hydrogen-bond acceptors (Lipinski definition) is 4. The summed E-state index contributed by atoms with van der Waals surface area (Å²) in [5.74, 6) is 0.802. The van der Waals surface area contributed by atoms with Crippen molar-refractivity contribution < 1.29 is 4.74 Å². The molecule has 0 unspecified atom stereocenters. The second-order valence-corrected chi connectivity index (χ2v) is 4.34. The van der Waals surface area contributed by atoms with Gasteiger partial charge in [0.15, 0.2) is 0 Å². The average Bonchev–Trinajstić information content (AvgIpc) is 2.52. The van der Waals surface area contributed by atoms with Crippen LogP contribution in [0.25, 0.3) is 0 Å². The summed E-state index contributed by atoms with van der Waals surface area (Å²) in [4.78, 5) is 0. The zero-order chi connectivity index (χ0) is 14.2. The van der Waals surface area contributed by atoms with E-state index < -0.39 is 0 Å². The minimum Gasteiger partial charge on any atom is -0.489 e. The zero-order valence-electron chi connectivity index (χ0n) is 11.2. The van der Waals surface area contributed by atoms with Crippen molar-refractivity contribution in [3.8, 4) is 11.8 Å². The van der Waals surface area contributed by atoms with Crippen molar-refractivity contribution in [3.05, 3.63) is 59.7 Å². The van der Waals surface area contributed by atoms with Crippen LogP contribution in [0.15, 0.2) is 48.5 Å². The summed E-state index contributed by atoms with van der Waals surface area (Å²) < 4.78 is 5.73. The van der Waals surface area contributed by atoms with Gasteiger partial charge in [-0.25, -0.2) is 0 Å². The molecule has 4 heteroatoms. The van der Waals surface area contributed by atoms with E-state index in [4.69, 9.17) is 15.7 Å². The SMILES string of the molecule is N#Cc1ccc(COc2cccc(NCCN)c2)cc1. The fraction of sp³-hybridized carbons (Fsp3) is 0.188. The summed E-state index contributed by atoms with van der Waals surface area (Å²) in [5, 5.41) is 11.9. The second kappa shape index (κ2) is 7.17. The topological polar surface area (TPSA) is 71.1 Å². The molecule has 0 radical (unpaired) electrons. The molecule has 2 aromatic rings. The van der Waals surface area contributed by atoms with Crippen LogP contribution in [0.2, 0.25) is 0 Å². The first-order chi connectivity index (χ1) is 9.81. The van der Waals surface area contributed by atoms with Gasteiger partial charge in [0.1, 0.15) is 12.4 Å². The number of hydrogen-bond donors (Lipinski definition) is 2. The lowest BCUT2D eigenvalue weighted by atomic mass is 10.1. The molecule has 4 nitrogen and oxygen atoms in total. The van der Waals surface area contributed by atoms with Gasteiger partial charge >= 0.3 is 0 Å². The van der Waals surface area contributed by atoms with Gasteiger partial charge in [0.25, 0.3) is 0 Å². The van der Waals surface area contributed by atoms with Crippen LogP contribution >= 0.6 is 0 Å². The van der Waals surface area contributed by atoms with E-state index in [0.717, 1.165) is 23.5 Å². The van der Waals surface area contributed by atoms with Crippen LogP contribution in [-0.2, 0) is 6.61 Å². The summed E-state index contributed by atoms with van der Waals surface area (Å²) in [6.45, 7) is 1.81. The standard InChI is InChI=1S/C16H17N3O/c17-8-9-19-15-2-1-3-16(10-15)20-12-14-6-4-13(11-18)5-7-14/h1-7,10,19H,8-9,12,17H2. The molecule has 0 saturated heterocycles. The normalized spacial score (nSPS) is 9.80. The third-order valence-corrected chi connectivity index (χ3v) is 2.80. The molecule has 102 valence electrons. The first-order valence-electron chi connectivity index (χ1n) is 6.47. The molecule has 20 heavy (non-hydrogen) atoms. The monoisotopic (exact) mass is 267 g/mol. The Hall–Kier alpha value is -2.51. The fourth-order valence-electron chi connectivity index (χ4n) is 1.75. The molecule has 0 aliphatic rings. The molecule has 3 N–H and O–H groups in total. The van der Waals surface area contributed by atoms with E-state index in [1.807, 2.05) is 36.4 Å². The number of benzene rings is 2. The van der Waals surface area contributed by atoms with E-state index in [9.17, 15) is 0 Å². The third kappa shape index (κ3) is 4.01. The zero-order valence-corrected chi connectivity index (χ0v) is 11.2. The highest BCUT2D eigenvalue weighted by Gasteiger charge is 1.98. The van der Waals surface area contributed by atoms with Crippen molar-refractivity contribution >= 4 is 5.69 Å². The molecule has 0 atom stereocenters. The van der Waals surface area contributed by atoms with Crippen molar-refractivity contribution in [1.29, 1.82) is 5.26 Å². The van der Waals surface area contributed by atoms with Crippen LogP contribution in [-0.4, -0.2) is 13.1 Å². The van der Waals surface area contributed by atoms with E-state index in [1.54, 1.807) is 12.1 Å². The van der Waals surface area contributed by atoms with Gasteiger partial charge in [-0.3, -0.25) is 0 Å². The third-order valence-electron chi connectivity index (χ3n) is 2.80. The number of rotatable bonds is 6. The molecule has 0 aliphatic carbocycles. The van der Waals surface area contributed by atoms with E-state index in [1.165, 1.54) is 0 Å². The van der Waals surface area contributed by atoms with Crippen LogP contribution in [0.4, 0.5) is 5.69 Å². The fourth-order valence-corrected chi connectivity index (χ4v) is 1.75. The Morgan fingerprint density at radius 3 is 2.65 bits per heavy atom. The van der Waals surface area contributed by atoms with Crippen LogP contribution in [0, 0.1) is 11.3 Å². The second-order valence-electron chi connectivity index (χ2n) is 4.34. The van der Waals surface area contributed by atoms with Gasteiger partial charge in [-0.15, -0.1) is 0 Å². The maximum absolute atomic E-state index is 8.74. The largest absolute Gasteiger partial charge is 0.489 e. The Kier molecular flexibility index (Phi) is 4.99. The van der Waals surface area contributed by atoms with Gasteiger partial charge < -0.3 is 15.8 Å². The molecule has 2 rings (SSSR count). The number of ether oxygens (including phenoxy) is 1. The van der Waals surface area contributed by atoms with Gasteiger partial charge in [0, 0.05) is 24.8 Å². The van der Waals surface area contributed by atoms with Crippen molar-refractivity contribution in [3.63, 3.8) is 0 Å². The van der Waals surface area contributed by atoms with Gasteiger partial charge in [-0.2, -0.15) is 5.26 Å². The predicted octanol–water partition coefficient (Wildman–Crippen LogP) is 2.51. The average molecular weight is 267 g/mol. The molecule has 0 saturated carbocycles. The highest BCUT2D eigenvalue weighted by atomic mass is 16.5. The lowest BCUT2D eigenvalue weighted by molar-refractivity contribution is 0.306. The smallest absolute Gasteiger partial charge is 0.121 e. The van der Waals surface area contributed by atoms with Gasteiger partial charge in [0.2, 0.25) is 0 Å². The number of nitrogens with zero attached hydrogens (tertiary/aromatic N) is 1. The Bertz CT molecular complexity index is 587. The quantitative estimate of drug-likeness (QED) is 0.843. The number of anilines is 1. The minimum absolute atomic E-state index is 0.478. The maximum Gasteiger partial charge on any atom is 0.121 e. The first kappa shape index (κ1) is 13.9. The van der Waals surface area contributed by atoms with Gasteiger partial charge in [0.05, 0.1) is 11.6 Å². The lowest BCUT2D eigenvalue weighted by Gasteiger charge is -2.09. The Labute approximate surface area is 118 Å². The molecular weight excluding hydrogens is 250 g/mol. The van der Waals surface area contributed by atoms with Crippen LogP contribution in [0.3, 0.4) is 0 Å². The molecule has 0 spiro atoms. The molecule has 0 heterocycles. The van der Waals surface area contributed by atoms with Crippen molar-refractivity contribution in [1.82, 2.24) is 0 Å². The Morgan fingerprint density at radius 1 is 1.15 bits per heavy atom. The summed E-state index contributed by atoms with van der Waals surface area (Å²) in [6.07, 6.45) is 0. The summed E-state index contributed by atoms with van der Waals surface area (Å²) in [5.41, 5.74) is 8.14. The van der Waals surface area contributed by atoms with Crippen molar-refractivity contribution in [2.75, 3.05) is 18.4 Å².